The monoisotopic (exact) mass is 505 g/mol. The SMILES string of the molecule is C[N+](C)(C)CCOP(=O)(OC[C@H]1O[C@@H](n2ccc(N)nc2=O)[C@H](O)[C@@H]1O)OP(=O)([O-])O.N. The summed E-state index contributed by atoms with van der Waals surface area (Å²) in [5.74, 6) is -0.0654. The van der Waals surface area contributed by atoms with Crippen LogP contribution >= 0.6 is 15.6 Å². The lowest BCUT2D eigenvalue weighted by molar-refractivity contribution is -0.870. The average Bonchev–Trinajstić information content (AvgIpc) is 2.86. The van der Waals surface area contributed by atoms with Gasteiger partial charge in [0.2, 0.25) is 0 Å². The third-order valence-corrected chi connectivity index (χ3v) is 6.66. The standard InChI is InChI=1S/C14H26N4O11P2.H3N/c1-18(2,3)6-7-26-31(25,29-30(22,23)24)27-8-9-11(19)12(20)13(28-9)17-5-4-10(15)16-14(17)21;/h4-5,9,11-13,19-20H,6-8H2,1-3H3,(H3-,15,16,21,22,23,24);1H3/t9-,11-,12-,13-,31?;/m1./s1. The van der Waals surface area contributed by atoms with Crippen LogP contribution in [0.15, 0.2) is 17.1 Å². The van der Waals surface area contributed by atoms with E-state index < -0.39 is 52.5 Å². The Morgan fingerprint density at radius 2 is 1.91 bits per heavy atom. The Balaban J connectivity index is 0.00000512. The quantitative estimate of drug-likeness (QED) is 0.169. The normalized spacial score (nSPS) is 27.3. The third kappa shape index (κ3) is 8.26. The number of anilines is 1. The molecular formula is C14H29N5O11P2. The van der Waals surface area contributed by atoms with E-state index in [0.717, 1.165) is 4.57 Å². The number of hydrogen-bond acceptors (Lipinski definition) is 13. The lowest BCUT2D eigenvalue weighted by Gasteiger charge is -2.27. The van der Waals surface area contributed by atoms with Gasteiger partial charge in [-0.15, -0.1) is 0 Å². The van der Waals surface area contributed by atoms with E-state index in [0.29, 0.717) is 4.48 Å². The van der Waals surface area contributed by atoms with Crippen molar-refractivity contribution in [1.82, 2.24) is 15.7 Å². The molecule has 0 amide bonds. The fourth-order valence-corrected chi connectivity index (χ4v) is 4.62. The maximum atomic E-state index is 12.6. The number of phosphoric ester groups is 1. The zero-order valence-electron chi connectivity index (χ0n) is 17.7. The van der Waals surface area contributed by atoms with Crippen LogP contribution in [0.1, 0.15) is 6.23 Å². The van der Waals surface area contributed by atoms with Gasteiger partial charge in [-0.1, -0.05) is 0 Å². The highest BCUT2D eigenvalue weighted by atomic mass is 31.3. The highest BCUT2D eigenvalue weighted by molar-refractivity contribution is 7.60. The molecule has 2 heterocycles. The minimum Gasteiger partial charge on any atom is -0.756 e. The molecule has 18 heteroatoms. The van der Waals surface area contributed by atoms with Crippen LogP contribution < -0.4 is 22.5 Å². The highest BCUT2D eigenvalue weighted by Gasteiger charge is 2.46. The van der Waals surface area contributed by atoms with E-state index in [1.54, 1.807) is 21.1 Å². The molecule has 2 rings (SSSR count). The first-order valence-electron chi connectivity index (χ1n) is 8.91. The Kier molecular flexibility index (Phi) is 9.69. The van der Waals surface area contributed by atoms with Crippen molar-refractivity contribution in [2.24, 2.45) is 0 Å². The third-order valence-electron chi connectivity index (χ3n) is 4.07. The minimum atomic E-state index is -5.51. The van der Waals surface area contributed by atoms with Crippen LogP contribution in [0.3, 0.4) is 0 Å². The van der Waals surface area contributed by atoms with E-state index in [1.165, 1.54) is 12.3 Å². The molecule has 0 saturated carbocycles. The van der Waals surface area contributed by atoms with Gasteiger partial charge in [0.05, 0.1) is 27.7 Å². The van der Waals surface area contributed by atoms with Crippen LogP contribution in [0.4, 0.5) is 5.82 Å². The summed E-state index contributed by atoms with van der Waals surface area (Å²) in [5.41, 5.74) is 4.54. The van der Waals surface area contributed by atoms with Crippen LogP contribution in [0, 0.1) is 0 Å². The second-order valence-electron chi connectivity index (χ2n) is 7.73. The van der Waals surface area contributed by atoms with E-state index in [9.17, 15) is 29.0 Å². The summed E-state index contributed by atoms with van der Waals surface area (Å²) in [6, 6.07) is 1.27. The van der Waals surface area contributed by atoms with Crippen LogP contribution in [0.25, 0.3) is 0 Å². The smallest absolute Gasteiger partial charge is 0.481 e. The Hall–Kier alpha value is -1.26. The van der Waals surface area contributed by atoms with Crippen molar-refractivity contribution in [2.75, 3.05) is 46.6 Å². The first-order valence-corrected chi connectivity index (χ1v) is 11.9. The summed E-state index contributed by atoms with van der Waals surface area (Å²) in [5, 5.41) is 20.4. The number of phosphoric acid groups is 2. The molecule has 16 nitrogen and oxygen atoms in total. The number of nitrogen functional groups attached to an aromatic ring is 1. The molecule has 1 saturated heterocycles. The first-order chi connectivity index (χ1) is 14.1. The predicted molar refractivity (Wildman–Crippen MR) is 107 cm³/mol. The molecule has 8 N–H and O–H groups in total. The maximum Gasteiger partial charge on any atom is 0.481 e. The fourth-order valence-electron chi connectivity index (χ4n) is 2.52. The van der Waals surface area contributed by atoms with Crippen LogP contribution in [-0.4, -0.2) is 88.4 Å². The van der Waals surface area contributed by atoms with Gasteiger partial charge in [0.25, 0.3) is 7.82 Å². The number of nitrogens with zero attached hydrogens (tertiary/aromatic N) is 3. The molecule has 0 aromatic carbocycles. The van der Waals surface area contributed by atoms with Gasteiger partial charge in [0.1, 0.15) is 37.3 Å². The predicted octanol–water partition coefficient (Wildman–Crippen LogP) is -2.07. The first kappa shape index (κ1) is 28.8. The van der Waals surface area contributed by atoms with Crippen LogP contribution in [0.2, 0.25) is 0 Å². The van der Waals surface area contributed by atoms with Crippen LogP contribution in [-0.2, 0) is 27.2 Å². The molecule has 0 spiro atoms. The number of aliphatic hydroxyl groups is 2. The van der Waals surface area contributed by atoms with Gasteiger partial charge < -0.3 is 41.1 Å². The summed E-state index contributed by atoms with van der Waals surface area (Å²) in [7, 11) is -4.98. The molecule has 1 aromatic rings. The summed E-state index contributed by atoms with van der Waals surface area (Å²) in [6.07, 6.45) is -4.79. The van der Waals surface area contributed by atoms with Crippen LogP contribution in [0.5, 0.6) is 0 Å². The van der Waals surface area contributed by atoms with Crippen molar-refractivity contribution < 1.29 is 51.7 Å². The Morgan fingerprint density at radius 1 is 1.28 bits per heavy atom. The number of rotatable bonds is 10. The summed E-state index contributed by atoms with van der Waals surface area (Å²) < 4.78 is 44.3. The molecule has 32 heavy (non-hydrogen) atoms. The number of likely N-dealkylation sites (N-methyl/N-ethyl adjacent to an activating group) is 1. The van der Waals surface area contributed by atoms with Crippen molar-refractivity contribution in [3.63, 3.8) is 0 Å². The summed E-state index contributed by atoms with van der Waals surface area (Å²) in [4.78, 5) is 35.4. The topological polar surface area (TPSA) is 251 Å². The average molecular weight is 505 g/mol. The van der Waals surface area contributed by atoms with Crippen molar-refractivity contribution in [2.45, 2.75) is 24.5 Å². The molecule has 6 atom stereocenters. The Bertz CT molecular complexity index is 917. The van der Waals surface area contributed by atoms with Gasteiger partial charge in [-0.2, -0.15) is 4.98 Å². The molecule has 1 aliphatic rings. The minimum absolute atomic E-state index is 0. The van der Waals surface area contributed by atoms with E-state index in [-0.39, 0.29) is 25.1 Å². The number of hydrogen-bond donors (Lipinski definition) is 5. The number of aromatic nitrogens is 2. The number of quaternary nitrogens is 1. The molecule has 0 bridgehead atoms. The van der Waals surface area contributed by atoms with E-state index in [4.69, 9.17) is 24.4 Å². The summed E-state index contributed by atoms with van der Waals surface area (Å²) >= 11 is 0. The molecule has 1 fully saturated rings. The van der Waals surface area contributed by atoms with E-state index in [2.05, 4.69) is 9.29 Å². The number of nitrogens with two attached hydrogens (primary N) is 1. The lowest BCUT2D eigenvalue weighted by Crippen LogP contribution is -2.37. The number of ether oxygens (including phenoxy) is 1. The van der Waals surface area contributed by atoms with E-state index in [1.807, 2.05) is 0 Å². The fraction of sp³-hybridized carbons (Fsp3) is 0.714. The van der Waals surface area contributed by atoms with Crippen molar-refractivity contribution in [3.05, 3.63) is 22.7 Å². The molecule has 1 aliphatic heterocycles. The summed E-state index contributed by atoms with van der Waals surface area (Å²) in [6.45, 7) is -0.748. The van der Waals surface area contributed by atoms with Gasteiger partial charge in [-0.25, -0.2) is 13.7 Å². The van der Waals surface area contributed by atoms with Crippen molar-refractivity contribution in [3.8, 4) is 0 Å². The van der Waals surface area contributed by atoms with Gasteiger partial charge in [-0.3, -0.25) is 18.2 Å². The lowest BCUT2D eigenvalue weighted by atomic mass is 10.1. The van der Waals surface area contributed by atoms with Gasteiger partial charge >= 0.3 is 13.5 Å². The molecule has 2 unspecified atom stereocenters. The zero-order valence-corrected chi connectivity index (χ0v) is 19.5. The second kappa shape index (κ2) is 10.8. The van der Waals surface area contributed by atoms with Gasteiger partial charge in [-0.05, 0) is 6.07 Å². The Labute approximate surface area is 183 Å². The van der Waals surface area contributed by atoms with Gasteiger partial charge in [0, 0.05) is 6.20 Å². The van der Waals surface area contributed by atoms with E-state index >= 15 is 0 Å². The van der Waals surface area contributed by atoms with Gasteiger partial charge in [0.15, 0.2) is 6.23 Å². The Morgan fingerprint density at radius 3 is 2.44 bits per heavy atom. The molecule has 0 radical (unpaired) electrons. The van der Waals surface area contributed by atoms with Crippen molar-refractivity contribution >= 4 is 21.5 Å². The molecule has 1 aromatic heterocycles. The molecular weight excluding hydrogens is 476 g/mol. The maximum absolute atomic E-state index is 12.6. The molecule has 186 valence electrons. The second-order valence-corrected chi connectivity index (χ2v) is 10.7. The largest absolute Gasteiger partial charge is 0.756 e. The van der Waals surface area contributed by atoms with Crippen molar-refractivity contribution in [1.29, 1.82) is 0 Å². The zero-order chi connectivity index (χ0) is 23.6. The highest BCUT2D eigenvalue weighted by Crippen LogP contribution is 2.59. The molecule has 0 aliphatic carbocycles. The number of aliphatic hydroxyl groups excluding tert-OH is 2.